The average molecular weight is 387 g/mol. The molecule has 0 radical (unpaired) electrons. The van der Waals surface area contributed by atoms with Gasteiger partial charge in [0.2, 0.25) is 0 Å². The zero-order chi connectivity index (χ0) is 20.7. The third-order valence-electron chi connectivity index (χ3n) is 3.98. The molecule has 2 rings (SSSR count). The highest BCUT2D eigenvalue weighted by Crippen LogP contribution is 2.31. The topological polar surface area (TPSA) is 127 Å². The highest BCUT2D eigenvalue weighted by atomic mass is 16.5. The number of carbonyl (C=O) groups is 3. The molecular formula is C19H21N3O6. The zero-order valence-corrected chi connectivity index (χ0v) is 15.7. The summed E-state index contributed by atoms with van der Waals surface area (Å²) in [6, 6.07) is 6.95. The van der Waals surface area contributed by atoms with Crippen LogP contribution in [0.15, 0.2) is 36.5 Å². The van der Waals surface area contributed by atoms with Gasteiger partial charge < -0.3 is 25.2 Å². The predicted octanol–water partition coefficient (Wildman–Crippen LogP) is 1.40. The average Bonchev–Trinajstić information content (AvgIpc) is 2.71. The standard InChI is InChI=1S/C19H21N3O6/c1-20-19(26)13-6-4-12(10-21-13)18(25)22-14(9-17(23)24)11-5-7-15(27-2)16(8-11)28-3/h4-8,10,14H,9H2,1-3H3,(H,20,26)(H,22,25)(H,23,24). The fourth-order valence-electron chi connectivity index (χ4n) is 2.53. The minimum Gasteiger partial charge on any atom is -0.493 e. The van der Waals surface area contributed by atoms with E-state index in [2.05, 4.69) is 15.6 Å². The fraction of sp³-hybridized carbons (Fsp3) is 0.263. The van der Waals surface area contributed by atoms with Crippen LogP contribution in [0.1, 0.15) is 38.9 Å². The summed E-state index contributed by atoms with van der Waals surface area (Å²) in [6.07, 6.45) is 0.928. The van der Waals surface area contributed by atoms with Gasteiger partial charge in [-0.1, -0.05) is 6.07 Å². The monoisotopic (exact) mass is 387 g/mol. The number of carbonyl (C=O) groups excluding carboxylic acids is 2. The minimum absolute atomic E-state index is 0.168. The van der Waals surface area contributed by atoms with Crippen LogP contribution in [-0.4, -0.2) is 49.1 Å². The number of hydrogen-bond donors (Lipinski definition) is 3. The smallest absolute Gasteiger partial charge is 0.305 e. The van der Waals surface area contributed by atoms with Crippen molar-refractivity contribution in [1.82, 2.24) is 15.6 Å². The highest BCUT2D eigenvalue weighted by Gasteiger charge is 2.21. The number of amides is 2. The molecular weight excluding hydrogens is 366 g/mol. The van der Waals surface area contributed by atoms with Crippen molar-refractivity contribution < 1.29 is 29.0 Å². The van der Waals surface area contributed by atoms with Crippen LogP contribution in [0.25, 0.3) is 0 Å². The summed E-state index contributed by atoms with van der Waals surface area (Å²) < 4.78 is 10.4. The van der Waals surface area contributed by atoms with E-state index in [-0.39, 0.29) is 23.6 Å². The van der Waals surface area contributed by atoms with Gasteiger partial charge in [-0.2, -0.15) is 0 Å². The van der Waals surface area contributed by atoms with Crippen molar-refractivity contribution in [2.45, 2.75) is 12.5 Å². The largest absolute Gasteiger partial charge is 0.493 e. The molecule has 0 aliphatic rings. The second-order valence-electron chi connectivity index (χ2n) is 5.75. The predicted molar refractivity (Wildman–Crippen MR) is 99.6 cm³/mol. The molecule has 1 aromatic carbocycles. The van der Waals surface area contributed by atoms with Crippen molar-refractivity contribution in [2.24, 2.45) is 0 Å². The number of methoxy groups -OCH3 is 2. The molecule has 0 saturated carbocycles. The maximum atomic E-state index is 12.5. The van der Waals surface area contributed by atoms with Crippen LogP contribution in [0.5, 0.6) is 11.5 Å². The Morgan fingerprint density at radius 3 is 2.32 bits per heavy atom. The molecule has 9 nitrogen and oxygen atoms in total. The Hall–Kier alpha value is -3.62. The van der Waals surface area contributed by atoms with E-state index in [1.165, 1.54) is 39.6 Å². The van der Waals surface area contributed by atoms with Crippen molar-refractivity contribution in [3.05, 3.63) is 53.3 Å². The van der Waals surface area contributed by atoms with Crippen molar-refractivity contribution in [2.75, 3.05) is 21.3 Å². The number of aliphatic carboxylic acids is 1. The van der Waals surface area contributed by atoms with Crippen LogP contribution in [0.2, 0.25) is 0 Å². The van der Waals surface area contributed by atoms with E-state index in [4.69, 9.17) is 9.47 Å². The fourth-order valence-corrected chi connectivity index (χ4v) is 2.53. The van der Waals surface area contributed by atoms with Crippen LogP contribution in [0.3, 0.4) is 0 Å². The van der Waals surface area contributed by atoms with Gasteiger partial charge >= 0.3 is 5.97 Å². The Balaban J connectivity index is 2.25. The summed E-state index contributed by atoms with van der Waals surface area (Å²) in [4.78, 5) is 39.3. The molecule has 28 heavy (non-hydrogen) atoms. The van der Waals surface area contributed by atoms with Crippen LogP contribution in [-0.2, 0) is 4.79 Å². The van der Waals surface area contributed by atoms with Gasteiger partial charge in [0, 0.05) is 13.2 Å². The summed E-state index contributed by atoms with van der Waals surface area (Å²) in [5.74, 6) is -1.06. The molecule has 3 N–H and O–H groups in total. The number of rotatable bonds is 8. The summed E-state index contributed by atoms with van der Waals surface area (Å²) >= 11 is 0. The Morgan fingerprint density at radius 1 is 1.07 bits per heavy atom. The number of ether oxygens (including phenoxy) is 2. The molecule has 148 valence electrons. The summed E-state index contributed by atoms with van der Waals surface area (Å²) in [5, 5.41) is 14.3. The zero-order valence-electron chi connectivity index (χ0n) is 15.7. The number of carboxylic acids is 1. The first-order chi connectivity index (χ1) is 13.4. The maximum Gasteiger partial charge on any atom is 0.305 e. The molecule has 9 heteroatoms. The molecule has 0 saturated heterocycles. The number of benzene rings is 1. The number of carboxylic acid groups (broad SMARTS) is 1. The quantitative estimate of drug-likeness (QED) is 0.625. The SMILES string of the molecule is CNC(=O)c1ccc(C(=O)NC(CC(=O)O)c2ccc(OC)c(OC)c2)cn1. The number of pyridine rings is 1. The molecule has 1 unspecified atom stereocenters. The van der Waals surface area contributed by atoms with Gasteiger partial charge in [0.25, 0.3) is 11.8 Å². The number of nitrogens with one attached hydrogen (secondary N) is 2. The van der Waals surface area contributed by atoms with Crippen LogP contribution < -0.4 is 20.1 Å². The van der Waals surface area contributed by atoms with Crippen LogP contribution in [0, 0.1) is 0 Å². The van der Waals surface area contributed by atoms with Gasteiger partial charge in [-0.15, -0.1) is 0 Å². The molecule has 0 aliphatic carbocycles. The Kier molecular flexibility index (Phi) is 6.91. The van der Waals surface area contributed by atoms with Gasteiger partial charge in [0.15, 0.2) is 11.5 Å². The lowest BCUT2D eigenvalue weighted by Gasteiger charge is -2.19. The van der Waals surface area contributed by atoms with Crippen molar-refractivity contribution >= 4 is 17.8 Å². The van der Waals surface area contributed by atoms with Gasteiger partial charge in [0.05, 0.1) is 32.2 Å². The first kappa shape index (κ1) is 20.7. The summed E-state index contributed by atoms with van der Waals surface area (Å²) in [7, 11) is 4.43. The van der Waals surface area contributed by atoms with Crippen molar-refractivity contribution in [3.63, 3.8) is 0 Å². The number of aromatic nitrogens is 1. The lowest BCUT2D eigenvalue weighted by Crippen LogP contribution is -2.30. The van der Waals surface area contributed by atoms with Crippen molar-refractivity contribution in [1.29, 1.82) is 0 Å². The molecule has 0 bridgehead atoms. The second-order valence-corrected chi connectivity index (χ2v) is 5.75. The lowest BCUT2D eigenvalue weighted by molar-refractivity contribution is -0.137. The van der Waals surface area contributed by atoms with E-state index >= 15 is 0 Å². The molecule has 1 atom stereocenters. The minimum atomic E-state index is -1.08. The normalized spacial score (nSPS) is 11.2. The Bertz CT molecular complexity index is 866. The Morgan fingerprint density at radius 2 is 1.79 bits per heavy atom. The summed E-state index contributed by atoms with van der Waals surface area (Å²) in [6.45, 7) is 0. The molecule has 1 aromatic heterocycles. The van der Waals surface area contributed by atoms with Crippen LogP contribution in [0.4, 0.5) is 0 Å². The van der Waals surface area contributed by atoms with E-state index in [1.807, 2.05) is 0 Å². The summed E-state index contributed by atoms with van der Waals surface area (Å²) in [5.41, 5.74) is 0.910. The Labute approximate surface area is 161 Å². The highest BCUT2D eigenvalue weighted by molar-refractivity contribution is 5.96. The first-order valence-electron chi connectivity index (χ1n) is 8.32. The van der Waals surface area contributed by atoms with E-state index in [0.29, 0.717) is 17.1 Å². The first-order valence-corrected chi connectivity index (χ1v) is 8.32. The molecule has 0 fully saturated rings. The van der Waals surface area contributed by atoms with E-state index in [9.17, 15) is 19.5 Å². The van der Waals surface area contributed by atoms with Gasteiger partial charge in [-0.05, 0) is 29.8 Å². The van der Waals surface area contributed by atoms with Gasteiger partial charge in [-0.3, -0.25) is 19.4 Å². The number of hydrogen-bond acceptors (Lipinski definition) is 6. The molecule has 0 spiro atoms. The molecule has 2 amide bonds. The number of nitrogens with zero attached hydrogens (tertiary/aromatic N) is 1. The second kappa shape index (κ2) is 9.36. The van der Waals surface area contributed by atoms with Gasteiger partial charge in [-0.25, -0.2) is 0 Å². The third-order valence-corrected chi connectivity index (χ3v) is 3.98. The maximum absolute atomic E-state index is 12.5. The lowest BCUT2D eigenvalue weighted by atomic mass is 10.0. The third kappa shape index (κ3) is 4.97. The van der Waals surface area contributed by atoms with E-state index < -0.39 is 17.9 Å². The van der Waals surface area contributed by atoms with E-state index in [0.717, 1.165) is 0 Å². The van der Waals surface area contributed by atoms with Crippen LogP contribution >= 0.6 is 0 Å². The molecule has 2 aromatic rings. The molecule has 1 heterocycles. The van der Waals surface area contributed by atoms with Crippen molar-refractivity contribution in [3.8, 4) is 11.5 Å². The van der Waals surface area contributed by atoms with E-state index in [1.54, 1.807) is 18.2 Å². The molecule has 0 aliphatic heterocycles. The van der Waals surface area contributed by atoms with Gasteiger partial charge in [0.1, 0.15) is 5.69 Å².